The van der Waals surface area contributed by atoms with Gasteiger partial charge >= 0.3 is 11.9 Å². The van der Waals surface area contributed by atoms with Crippen LogP contribution < -0.4 is 22.1 Å². The van der Waals surface area contributed by atoms with Crippen LogP contribution in [0.15, 0.2) is 9.98 Å². The number of aliphatic imine (C=N–C) groups is 2. The fourth-order valence-corrected chi connectivity index (χ4v) is 3.10. The normalized spacial score (nSPS) is 28.4. The molecular weight excluding hydrogens is 384 g/mol. The van der Waals surface area contributed by atoms with Crippen LogP contribution in [0.1, 0.15) is 38.5 Å². The van der Waals surface area contributed by atoms with Crippen LogP contribution >= 0.6 is 0 Å². The minimum absolute atomic E-state index is 0.169. The van der Waals surface area contributed by atoms with Gasteiger partial charge in [0, 0.05) is 19.5 Å². The third-order valence-electron chi connectivity index (χ3n) is 4.76. The maximum Gasteiger partial charge on any atom is 0.320 e. The zero-order valence-corrected chi connectivity index (χ0v) is 16.2. The second-order valence-corrected chi connectivity index (χ2v) is 7.23. The lowest BCUT2D eigenvalue weighted by atomic mass is 10.1. The Morgan fingerprint density at radius 2 is 1.72 bits per heavy atom. The summed E-state index contributed by atoms with van der Waals surface area (Å²) in [7, 11) is 0. The summed E-state index contributed by atoms with van der Waals surface area (Å²) in [6, 6.07) is -1.78. The van der Waals surface area contributed by atoms with Gasteiger partial charge in [0.2, 0.25) is 5.72 Å². The molecule has 2 unspecified atom stereocenters. The predicted molar refractivity (Wildman–Crippen MR) is 104 cm³/mol. The van der Waals surface area contributed by atoms with Crippen LogP contribution in [0.5, 0.6) is 0 Å². The molecule has 2 aliphatic heterocycles. The van der Waals surface area contributed by atoms with Gasteiger partial charge in [-0.1, -0.05) is 0 Å². The highest BCUT2D eigenvalue weighted by molar-refractivity contribution is 6.11. The fraction of sp³-hybridized carbons (Fsp3) is 0.765. The monoisotopic (exact) mass is 414 g/mol. The number of carboxylic acid groups (broad SMARTS) is 2. The molecule has 12 heteroatoms. The number of hydrogen-bond acceptors (Lipinski definition) is 8. The molecule has 2 saturated heterocycles. The van der Waals surface area contributed by atoms with E-state index in [4.69, 9.17) is 26.4 Å². The van der Waals surface area contributed by atoms with E-state index < -0.39 is 35.9 Å². The Morgan fingerprint density at radius 3 is 2.31 bits per heavy atom. The van der Waals surface area contributed by atoms with Crippen molar-refractivity contribution in [3.8, 4) is 0 Å². The molecule has 0 aromatic carbocycles. The van der Waals surface area contributed by atoms with E-state index in [1.54, 1.807) is 0 Å². The van der Waals surface area contributed by atoms with E-state index in [0.29, 0.717) is 63.4 Å². The number of hydrogen-bond donors (Lipinski definition) is 7. The highest BCUT2D eigenvalue weighted by Gasteiger charge is 2.49. The summed E-state index contributed by atoms with van der Waals surface area (Å²) in [6.45, 7) is 0.982. The van der Waals surface area contributed by atoms with Crippen molar-refractivity contribution in [2.75, 3.05) is 19.7 Å². The molecule has 0 aliphatic carbocycles. The van der Waals surface area contributed by atoms with E-state index >= 15 is 0 Å². The van der Waals surface area contributed by atoms with Crippen LogP contribution in [0.25, 0.3) is 0 Å². The number of aliphatic carboxylic acids is 2. The molecule has 4 atom stereocenters. The largest absolute Gasteiger partial charge is 0.480 e. The first-order chi connectivity index (χ1) is 13.7. The van der Waals surface area contributed by atoms with E-state index in [1.807, 2.05) is 0 Å². The average molecular weight is 414 g/mol. The van der Waals surface area contributed by atoms with Gasteiger partial charge in [-0.25, -0.2) is 0 Å². The van der Waals surface area contributed by atoms with Gasteiger partial charge < -0.3 is 42.2 Å². The Balaban J connectivity index is 1.89. The van der Waals surface area contributed by atoms with Gasteiger partial charge in [0.1, 0.15) is 12.1 Å². The first-order valence-electron chi connectivity index (χ1n) is 9.67. The third-order valence-corrected chi connectivity index (χ3v) is 4.76. The number of carboxylic acids is 2. The number of guanidine groups is 1. The molecule has 2 rings (SSSR count). The van der Waals surface area contributed by atoms with Crippen molar-refractivity contribution in [3.63, 3.8) is 0 Å². The van der Waals surface area contributed by atoms with E-state index in [0.717, 1.165) is 0 Å². The lowest BCUT2D eigenvalue weighted by molar-refractivity contribution is -0.139. The van der Waals surface area contributed by atoms with Crippen LogP contribution in [0.3, 0.4) is 0 Å². The summed E-state index contributed by atoms with van der Waals surface area (Å²) in [5.74, 6) is -1.11. The molecule has 0 amide bonds. The molecule has 164 valence electrons. The number of nitrogens with zero attached hydrogens (tertiary/aromatic N) is 2. The summed E-state index contributed by atoms with van der Waals surface area (Å²) in [5, 5.41) is 33.6. The highest BCUT2D eigenvalue weighted by atomic mass is 16.5. The predicted octanol–water partition coefficient (Wildman–Crippen LogP) is -1.81. The third kappa shape index (κ3) is 6.63. The molecule has 0 radical (unpaired) electrons. The highest BCUT2D eigenvalue weighted by Crippen LogP contribution is 2.27. The number of aliphatic hydroxyl groups is 1. The average Bonchev–Trinajstić information content (AvgIpc) is 3.20. The van der Waals surface area contributed by atoms with Crippen LogP contribution in [0.2, 0.25) is 0 Å². The van der Waals surface area contributed by atoms with Gasteiger partial charge in [-0.15, -0.1) is 0 Å². The van der Waals surface area contributed by atoms with E-state index in [2.05, 4.69) is 20.6 Å². The van der Waals surface area contributed by atoms with Crippen LogP contribution in [0, 0.1) is 0 Å². The summed E-state index contributed by atoms with van der Waals surface area (Å²) >= 11 is 0. The summed E-state index contributed by atoms with van der Waals surface area (Å²) < 4.78 is 5.73. The van der Waals surface area contributed by atoms with Crippen molar-refractivity contribution in [3.05, 3.63) is 0 Å². The molecule has 2 fully saturated rings. The van der Waals surface area contributed by atoms with Gasteiger partial charge in [-0.3, -0.25) is 19.6 Å². The van der Waals surface area contributed by atoms with Crippen LogP contribution in [0.4, 0.5) is 0 Å². The molecule has 0 aromatic rings. The first kappa shape index (κ1) is 23.0. The van der Waals surface area contributed by atoms with Crippen molar-refractivity contribution in [1.29, 1.82) is 0 Å². The lowest BCUT2D eigenvalue weighted by Crippen LogP contribution is -2.46. The van der Waals surface area contributed by atoms with Crippen molar-refractivity contribution in [2.24, 2.45) is 21.5 Å². The Bertz CT molecular complexity index is 656. The molecule has 0 bridgehead atoms. The molecule has 2 aliphatic rings. The number of nitrogens with two attached hydrogens (primary N) is 2. The number of unbranched alkanes of at least 4 members (excludes halogenated alkanes) is 1. The molecule has 29 heavy (non-hydrogen) atoms. The van der Waals surface area contributed by atoms with Gasteiger partial charge in [-0.05, 0) is 32.1 Å². The molecule has 2 heterocycles. The number of aliphatic hydroxyl groups excluding tert-OH is 1. The van der Waals surface area contributed by atoms with Crippen LogP contribution in [-0.2, 0) is 14.3 Å². The standard InChI is InChI=1S/C17H30N6O6/c18-11(13(25)26)4-1-2-6-20-15-17(8-10(24)9-29-17)23-16(22-15)21-7-3-5-12(19)14(27)28/h10-12,24H,1-9,18-19H2,(H,25,26)(H,27,28)(H2,20,21,22,23)/t10-,11-,12?,17?/m0/s1. The molecular formula is C17H30N6O6. The quantitative estimate of drug-likeness (QED) is 0.189. The van der Waals surface area contributed by atoms with E-state index in [1.165, 1.54) is 0 Å². The first-order valence-corrected chi connectivity index (χ1v) is 9.67. The molecule has 9 N–H and O–H groups in total. The Morgan fingerprint density at radius 1 is 1.10 bits per heavy atom. The van der Waals surface area contributed by atoms with E-state index in [9.17, 15) is 14.7 Å². The molecule has 0 aromatic heterocycles. The molecule has 0 saturated carbocycles. The smallest absolute Gasteiger partial charge is 0.320 e. The number of rotatable bonds is 11. The number of amidine groups is 1. The topological polar surface area (TPSA) is 205 Å². The summed E-state index contributed by atoms with van der Waals surface area (Å²) in [5.41, 5.74) is 9.99. The minimum Gasteiger partial charge on any atom is -0.480 e. The minimum atomic E-state index is -1.04. The maximum absolute atomic E-state index is 10.7. The van der Waals surface area contributed by atoms with Gasteiger partial charge in [0.05, 0.1) is 12.7 Å². The van der Waals surface area contributed by atoms with Gasteiger partial charge in [0.15, 0.2) is 11.8 Å². The van der Waals surface area contributed by atoms with Gasteiger partial charge in [-0.2, -0.15) is 0 Å². The number of carbonyl (C=O) groups is 2. The Labute approximate surface area is 168 Å². The molecule has 12 nitrogen and oxygen atoms in total. The SMILES string of the molecule is NC(CCCN=C1NC(=NCCCC[C@H](N)C(=O)O)C2(C[C@H](O)CO2)N1)C(=O)O. The van der Waals surface area contributed by atoms with Crippen molar-refractivity contribution < 1.29 is 29.6 Å². The zero-order chi connectivity index (χ0) is 21.4. The van der Waals surface area contributed by atoms with Gasteiger partial charge in [0.25, 0.3) is 0 Å². The van der Waals surface area contributed by atoms with Crippen LogP contribution in [-0.4, -0.2) is 82.7 Å². The van der Waals surface area contributed by atoms with Crippen molar-refractivity contribution >= 4 is 23.7 Å². The number of ether oxygens (including phenoxy) is 1. The maximum atomic E-state index is 10.7. The van der Waals surface area contributed by atoms with Crippen molar-refractivity contribution in [2.45, 2.75) is 62.4 Å². The second-order valence-electron chi connectivity index (χ2n) is 7.23. The summed E-state index contributed by atoms with van der Waals surface area (Å²) in [4.78, 5) is 30.3. The Hall–Kier alpha value is -2.28. The fourth-order valence-electron chi connectivity index (χ4n) is 3.10. The zero-order valence-electron chi connectivity index (χ0n) is 16.2. The van der Waals surface area contributed by atoms with E-state index in [-0.39, 0.29) is 6.61 Å². The lowest BCUT2D eigenvalue weighted by Gasteiger charge is -2.21. The number of nitrogens with one attached hydrogen (secondary N) is 2. The summed E-state index contributed by atoms with van der Waals surface area (Å²) in [6.07, 6.45) is 2.15. The molecule has 1 spiro atoms. The van der Waals surface area contributed by atoms with Crippen molar-refractivity contribution in [1.82, 2.24) is 10.6 Å². The Kier molecular flexibility index (Phi) is 8.32. The second kappa shape index (κ2) is 10.5.